The Kier molecular flexibility index (Phi) is 31.6. The molecule has 0 saturated carbocycles. The lowest BCUT2D eigenvalue weighted by Gasteiger charge is -2.17. The van der Waals surface area contributed by atoms with Gasteiger partial charge in [0.1, 0.15) is 6.29 Å². The maximum Gasteiger partial charge on any atom is 0.303 e. The number of rotatable bonds is 27. The number of hydrogen-bond donors (Lipinski definition) is 4. The quantitative estimate of drug-likeness (QED) is 0.0852. The van der Waals surface area contributed by atoms with E-state index in [2.05, 4.69) is 5.32 Å². The Morgan fingerprint density at radius 2 is 1.11 bits per heavy atom. The highest BCUT2D eigenvalue weighted by atomic mass is 16.6. The van der Waals surface area contributed by atoms with Gasteiger partial charge in [0.05, 0.1) is 91.5 Å². The number of nitrogens with one attached hydrogen (secondary N) is 1. The number of hydrogen-bond acceptors (Lipinski definition) is 11. The summed E-state index contributed by atoms with van der Waals surface area (Å²) in [5.74, 6) is -1.00. The van der Waals surface area contributed by atoms with Gasteiger partial charge in [-0.3, -0.25) is 4.79 Å². The molecule has 0 heterocycles. The van der Waals surface area contributed by atoms with Crippen LogP contribution < -0.4 is 5.32 Å². The molecule has 0 bridgehead atoms. The molecule has 0 aromatic heterocycles. The minimum absolute atomic E-state index is 0.0134. The second-order valence-corrected chi connectivity index (χ2v) is 6.90. The normalized spacial score (nSPS) is 12.6. The van der Waals surface area contributed by atoms with Gasteiger partial charge in [-0.1, -0.05) is 13.8 Å². The molecule has 35 heavy (non-hydrogen) atoms. The van der Waals surface area contributed by atoms with Crippen molar-refractivity contribution in [2.75, 3.05) is 92.4 Å². The lowest BCUT2D eigenvalue weighted by Crippen LogP contribution is -2.37. The van der Waals surface area contributed by atoms with Gasteiger partial charge in [0, 0.05) is 25.9 Å². The van der Waals surface area contributed by atoms with Crippen molar-refractivity contribution in [1.29, 1.82) is 0 Å². The zero-order chi connectivity index (χ0) is 26.4. The minimum Gasteiger partial charge on any atom is -0.481 e. The summed E-state index contributed by atoms with van der Waals surface area (Å²) in [4.78, 5) is 20.5. The summed E-state index contributed by atoms with van der Waals surface area (Å²) in [5.41, 5.74) is 0. The molecule has 0 aromatic rings. The number of carboxylic acids is 1. The molecular weight excluding hydrogens is 466 g/mol. The number of carbonyl (C=O) groups excluding carboxylic acids is 1. The van der Waals surface area contributed by atoms with E-state index in [-0.39, 0.29) is 19.4 Å². The molecule has 0 rings (SSSR count). The van der Waals surface area contributed by atoms with E-state index in [9.17, 15) is 19.8 Å². The van der Waals surface area contributed by atoms with Gasteiger partial charge in [0.25, 0.3) is 0 Å². The van der Waals surface area contributed by atoms with Gasteiger partial charge in [-0.05, 0) is 6.42 Å². The molecule has 0 radical (unpaired) electrons. The predicted molar refractivity (Wildman–Crippen MR) is 129 cm³/mol. The molecule has 0 aliphatic rings. The molecule has 2 atom stereocenters. The highest BCUT2D eigenvalue weighted by Crippen LogP contribution is 2.02. The van der Waals surface area contributed by atoms with Gasteiger partial charge >= 0.3 is 5.97 Å². The van der Waals surface area contributed by atoms with Gasteiger partial charge in [0.15, 0.2) is 0 Å². The fourth-order valence-corrected chi connectivity index (χ4v) is 2.33. The first-order chi connectivity index (χ1) is 17.1. The number of ether oxygens (including phenoxy) is 6. The van der Waals surface area contributed by atoms with Crippen molar-refractivity contribution >= 4 is 12.3 Å². The molecule has 210 valence electrons. The number of aliphatic hydroxyl groups excluding tert-OH is 2. The van der Waals surface area contributed by atoms with Crippen molar-refractivity contribution < 1.29 is 53.3 Å². The van der Waals surface area contributed by atoms with E-state index in [1.54, 1.807) is 0 Å². The van der Waals surface area contributed by atoms with Crippen LogP contribution in [0.15, 0.2) is 0 Å². The van der Waals surface area contributed by atoms with Gasteiger partial charge in [-0.2, -0.15) is 0 Å². The third-order valence-corrected chi connectivity index (χ3v) is 4.11. The van der Waals surface area contributed by atoms with E-state index in [4.69, 9.17) is 33.5 Å². The lowest BCUT2D eigenvalue weighted by molar-refractivity contribution is -0.138. The van der Waals surface area contributed by atoms with E-state index in [0.717, 1.165) is 6.29 Å². The Balaban J connectivity index is 0. The summed E-state index contributed by atoms with van der Waals surface area (Å²) < 4.78 is 32.0. The predicted octanol–water partition coefficient (Wildman–Crippen LogP) is -0.123. The van der Waals surface area contributed by atoms with Gasteiger partial charge < -0.3 is 53.9 Å². The van der Waals surface area contributed by atoms with Crippen molar-refractivity contribution in [3.8, 4) is 0 Å². The van der Waals surface area contributed by atoms with Gasteiger partial charge in [-0.25, -0.2) is 0 Å². The summed E-state index contributed by atoms with van der Waals surface area (Å²) in [6.45, 7) is 10.1. The molecule has 0 aliphatic carbocycles. The monoisotopic (exact) mass is 513 g/mol. The third kappa shape index (κ3) is 30.7. The Labute approximate surface area is 209 Å². The maximum absolute atomic E-state index is 10.4. The first kappa shape index (κ1) is 35.9. The number of carbonyl (C=O) groups is 2. The molecule has 0 fully saturated rings. The zero-order valence-electron chi connectivity index (χ0n) is 21.4. The minimum atomic E-state index is -1.07. The summed E-state index contributed by atoms with van der Waals surface area (Å²) >= 11 is 0. The van der Waals surface area contributed by atoms with E-state index in [1.807, 2.05) is 13.8 Å². The van der Waals surface area contributed by atoms with Crippen LogP contribution in [0.25, 0.3) is 0 Å². The van der Waals surface area contributed by atoms with Crippen LogP contribution in [-0.2, 0) is 38.0 Å². The van der Waals surface area contributed by atoms with Gasteiger partial charge in [0.2, 0.25) is 0 Å². The molecule has 2 unspecified atom stereocenters. The highest BCUT2D eigenvalue weighted by molar-refractivity contribution is 5.66. The molecule has 12 heteroatoms. The summed E-state index contributed by atoms with van der Waals surface area (Å²) in [7, 11) is 0. The molecular formula is C23H47NO11. The topological polar surface area (TPSA) is 162 Å². The van der Waals surface area contributed by atoms with Crippen LogP contribution in [0.3, 0.4) is 0 Å². The molecule has 0 saturated heterocycles. The molecule has 0 aliphatic heterocycles. The van der Waals surface area contributed by atoms with E-state index in [1.165, 1.54) is 0 Å². The standard InChI is InChI=1S/C21H41NO11.C2H6/c23-5-1-6-28-8-10-30-12-14-32-16-17-33-15-13-31-11-9-29-7-4-22-18-20(25)19(24)2-3-21(26)27;1-2/h5,19-20,22,24-25H,1-4,6-18H2,(H,26,27);1-2H3. The Hall–Kier alpha value is -1.22. The van der Waals surface area contributed by atoms with Crippen LogP contribution in [0.5, 0.6) is 0 Å². The van der Waals surface area contributed by atoms with Crippen LogP contribution in [-0.4, -0.2) is 132 Å². The van der Waals surface area contributed by atoms with E-state index < -0.39 is 18.2 Å². The lowest BCUT2D eigenvalue weighted by atomic mass is 10.1. The van der Waals surface area contributed by atoms with Crippen molar-refractivity contribution in [2.24, 2.45) is 0 Å². The van der Waals surface area contributed by atoms with Crippen molar-refractivity contribution in [3.05, 3.63) is 0 Å². The second-order valence-electron chi connectivity index (χ2n) is 6.90. The van der Waals surface area contributed by atoms with Crippen molar-refractivity contribution in [1.82, 2.24) is 5.32 Å². The maximum atomic E-state index is 10.4. The van der Waals surface area contributed by atoms with Gasteiger partial charge in [-0.15, -0.1) is 0 Å². The zero-order valence-corrected chi connectivity index (χ0v) is 21.4. The second kappa shape index (κ2) is 30.8. The SMILES string of the molecule is CC.O=CCCOCCOCCOCCOCCOCCOCCNCC(O)C(O)CCC(=O)O. The fourth-order valence-electron chi connectivity index (χ4n) is 2.33. The average Bonchev–Trinajstić information content (AvgIpc) is 2.86. The first-order valence-corrected chi connectivity index (χ1v) is 12.3. The smallest absolute Gasteiger partial charge is 0.303 e. The van der Waals surface area contributed by atoms with Crippen LogP contribution in [0.2, 0.25) is 0 Å². The van der Waals surface area contributed by atoms with Crippen LogP contribution in [0.1, 0.15) is 33.1 Å². The van der Waals surface area contributed by atoms with Crippen molar-refractivity contribution in [2.45, 2.75) is 45.3 Å². The number of aliphatic carboxylic acids is 1. The fraction of sp³-hybridized carbons (Fsp3) is 0.913. The Bertz CT molecular complexity index is 444. The van der Waals surface area contributed by atoms with E-state index in [0.29, 0.717) is 92.2 Å². The number of aldehydes is 1. The molecule has 0 amide bonds. The molecule has 0 spiro atoms. The van der Waals surface area contributed by atoms with Crippen molar-refractivity contribution in [3.63, 3.8) is 0 Å². The Morgan fingerprint density at radius 3 is 1.51 bits per heavy atom. The first-order valence-electron chi connectivity index (χ1n) is 12.3. The number of carboxylic acid groups (broad SMARTS) is 1. The van der Waals surface area contributed by atoms with Crippen LogP contribution in [0.4, 0.5) is 0 Å². The number of aliphatic hydroxyl groups is 2. The Morgan fingerprint density at radius 1 is 0.714 bits per heavy atom. The molecule has 0 aromatic carbocycles. The summed E-state index contributed by atoms with van der Waals surface area (Å²) in [6.07, 6.45) is -1.03. The third-order valence-electron chi connectivity index (χ3n) is 4.11. The molecule has 4 N–H and O–H groups in total. The molecule has 12 nitrogen and oxygen atoms in total. The summed E-state index contributed by atoms with van der Waals surface area (Å²) in [5, 5.41) is 30.8. The average molecular weight is 514 g/mol. The van der Waals surface area contributed by atoms with E-state index >= 15 is 0 Å². The van der Waals surface area contributed by atoms with Crippen LogP contribution in [0, 0.1) is 0 Å². The van der Waals surface area contributed by atoms with Crippen LogP contribution >= 0.6 is 0 Å². The summed E-state index contributed by atoms with van der Waals surface area (Å²) in [6, 6.07) is 0. The highest BCUT2D eigenvalue weighted by Gasteiger charge is 2.16. The largest absolute Gasteiger partial charge is 0.481 e.